The molecule has 0 bridgehead atoms. The quantitative estimate of drug-likeness (QED) is 0.305. The van der Waals surface area contributed by atoms with Crippen LogP contribution in [0, 0.1) is 10.1 Å². The van der Waals surface area contributed by atoms with Crippen LogP contribution in [0.4, 0.5) is 11.4 Å². The second kappa shape index (κ2) is 10.0. The van der Waals surface area contributed by atoms with Crippen LogP contribution in [0.1, 0.15) is 5.56 Å². The third kappa shape index (κ3) is 5.48. The molecule has 0 radical (unpaired) electrons. The monoisotopic (exact) mass is 472 g/mol. The molecule has 0 saturated carbocycles. The fraction of sp³-hybridized carbons (Fsp3) is 0.0476. The van der Waals surface area contributed by atoms with Crippen molar-refractivity contribution >= 4 is 45.1 Å². The number of nitro benzene ring substituents is 1. The minimum absolute atomic E-state index is 0.00353. The van der Waals surface area contributed by atoms with E-state index in [1.807, 2.05) is 0 Å². The number of nitrogens with one attached hydrogen (secondary N) is 1. The third-order valence-corrected chi connectivity index (χ3v) is 6.26. The van der Waals surface area contributed by atoms with Crippen molar-refractivity contribution in [2.75, 3.05) is 10.8 Å². The van der Waals surface area contributed by atoms with Crippen molar-refractivity contribution in [1.29, 1.82) is 0 Å². The van der Waals surface area contributed by atoms with E-state index in [-0.39, 0.29) is 21.8 Å². The highest BCUT2D eigenvalue weighted by atomic mass is 35.5. The van der Waals surface area contributed by atoms with Crippen LogP contribution in [-0.4, -0.2) is 32.0 Å². The molecule has 9 nitrogen and oxygen atoms in total. The van der Waals surface area contributed by atoms with E-state index in [4.69, 9.17) is 11.6 Å². The average Bonchev–Trinajstić information content (AvgIpc) is 2.78. The predicted molar refractivity (Wildman–Crippen MR) is 121 cm³/mol. The van der Waals surface area contributed by atoms with Gasteiger partial charge in [0.2, 0.25) is 0 Å². The Morgan fingerprint density at radius 1 is 1.06 bits per heavy atom. The summed E-state index contributed by atoms with van der Waals surface area (Å²) in [4.78, 5) is 23.0. The number of hydrogen-bond acceptors (Lipinski definition) is 6. The van der Waals surface area contributed by atoms with E-state index in [0.29, 0.717) is 5.02 Å². The molecule has 0 fully saturated rings. The molecular weight excluding hydrogens is 456 g/mol. The summed E-state index contributed by atoms with van der Waals surface area (Å²) in [5, 5.41) is 15.1. The van der Waals surface area contributed by atoms with Crippen LogP contribution in [0.2, 0.25) is 5.02 Å². The lowest BCUT2D eigenvalue weighted by Crippen LogP contribution is -2.39. The van der Waals surface area contributed by atoms with Gasteiger partial charge in [-0.15, -0.1) is 0 Å². The molecule has 0 aliphatic rings. The molecule has 0 aliphatic carbocycles. The highest BCUT2D eigenvalue weighted by Gasteiger charge is 2.27. The Bertz CT molecular complexity index is 1270. The average molecular weight is 473 g/mol. The number of hydrogen-bond donors (Lipinski definition) is 1. The highest BCUT2D eigenvalue weighted by molar-refractivity contribution is 7.92. The van der Waals surface area contributed by atoms with Gasteiger partial charge in [-0.25, -0.2) is 13.8 Å². The maximum absolute atomic E-state index is 13.2. The molecule has 164 valence electrons. The zero-order chi connectivity index (χ0) is 23.1. The maximum Gasteiger partial charge on any atom is 0.278 e. The van der Waals surface area contributed by atoms with Crippen LogP contribution in [-0.2, 0) is 14.8 Å². The molecular formula is C21H17ClN4O5S. The van der Waals surface area contributed by atoms with Crippen LogP contribution >= 0.6 is 11.6 Å². The van der Waals surface area contributed by atoms with E-state index in [2.05, 4.69) is 10.5 Å². The Balaban J connectivity index is 1.84. The SMILES string of the molecule is O=C(CN(c1cccc(Cl)c1)S(=O)(=O)c1ccccc1)N/N=C\c1ccccc1[N+](=O)[O-]. The standard InChI is InChI=1S/C21H17ClN4O5S/c22-17-8-6-9-18(13-17)25(32(30,31)19-10-2-1-3-11-19)15-21(27)24-23-14-16-7-4-5-12-20(16)26(28)29/h1-14H,15H2,(H,24,27)/b23-14-. The molecule has 0 heterocycles. The summed E-state index contributed by atoms with van der Waals surface area (Å²) >= 11 is 6.01. The highest BCUT2D eigenvalue weighted by Crippen LogP contribution is 2.26. The molecule has 11 heteroatoms. The van der Waals surface area contributed by atoms with E-state index < -0.39 is 27.4 Å². The second-order valence-corrected chi connectivity index (χ2v) is 8.71. The molecule has 3 rings (SSSR count). The zero-order valence-corrected chi connectivity index (χ0v) is 18.0. The lowest BCUT2D eigenvalue weighted by Gasteiger charge is -2.23. The minimum Gasteiger partial charge on any atom is -0.271 e. The van der Waals surface area contributed by atoms with Gasteiger partial charge in [0.15, 0.2) is 0 Å². The van der Waals surface area contributed by atoms with Crippen LogP contribution in [0.25, 0.3) is 0 Å². The number of carbonyl (C=O) groups is 1. The smallest absolute Gasteiger partial charge is 0.271 e. The van der Waals surface area contributed by atoms with Crippen molar-refractivity contribution < 1.29 is 18.1 Å². The van der Waals surface area contributed by atoms with Crippen LogP contribution in [0.5, 0.6) is 0 Å². The van der Waals surface area contributed by atoms with Crippen molar-refractivity contribution in [1.82, 2.24) is 5.43 Å². The number of sulfonamides is 1. The summed E-state index contributed by atoms with van der Waals surface area (Å²) in [6.07, 6.45) is 1.12. The number of hydrazone groups is 1. The van der Waals surface area contributed by atoms with Crippen molar-refractivity contribution in [3.8, 4) is 0 Å². The van der Waals surface area contributed by atoms with Crippen LogP contribution in [0.3, 0.4) is 0 Å². The number of nitrogens with zero attached hydrogens (tertiary/aromatic N) is 3. The van der Waals surface area contributed by atoms with E-state index in [1.165, 1.54) is 42.5 Å². The molecule has 0 saturated heterocycles. The van der Waals surface area contributed by atoms with Gasteiger partial charge >= 0.3 is 0 Å². The number of amides is 1. The number of para-hydroxylation sites is 1. The Morgan fingerprint density at radius 3 is 2.44 bits per heavy atom. The first-order valence-corrected chi connectivity index (χ1v) is 11.0. The molecule has 1 amide bonds. The molecule has 0 atom stereocenters. The fourth-order valence-corrected chi connectivity index (χ4v) is 4.39. The van der Waals surface area contributed by atoms with Crippen molar-refractivity contribution in [3.05, 3.63) is 99.6 Å². The van der Waals surface area contributed by atoms with E-state index >= 15 is 0 Å². The summed E-state index contributed by atoms with van der Waals surface area (Å²) in [6, 6.07) is 19.6. The van der Waals surface area contributed by atoms with Gasteiger partial charge in [0.25, 0.3) is 21.6 Å². The first-order chi connectivity index (χ1) is 15.3. The normalized spacial score (nSPS) is 11.3. The fourth-order valence-electron chi connectivity index (χ4n) is 2.77. The molecule has 0 aromatic heterocycles. The molecule has 1 N–H and O–H groups in total. The lowest BCUT2D eigenvalue weighted by molar-refractivity contribution is -0.385. The lowest BCUT2D eigenvalue weighted by atomic mass is 10.2. The van der Waals surface area contributed by atoms with E-state index in [0.717, 1.165) is 10.5 Å². The Labute approximate surface area is 189 Å². The van der Waals surface area contributed by atoms with Gasteiger partial charge in [0.05, 0.1) is 27.3 Å². The predicted octanol–water partition coefficient (Wildman–Crippen LogP) is 3.59. The summed E-state index contributed by atoms with van der Waals surface area (Å²) in [7, 11) is -4.09. The number of halogens is 1. The summed E-state index contributed by atoms with van der Waals surface area (Å²) in [5.41, 5.74) is 2.40. The van der Waals surface area contributed by atoms with Gasteiger partial charge in [0.1, 0.15) is 6.54 Å². The molecule has 0 aliphatic heterocycles. The Morgan fingerprint density at radius 2 is 1.75 bits per heavy atom. The maximum atomic E-state index is 13.2. The molecule has 0 unspecified atom stereocenters. The summed E-state index contributed by atoms with van der Waals surface area (Å²) < 4.78 is 27.3. The largest absolute Gasteiger partial charge is 0.278 e. The zero-order valence-electron chi connectivity index (χ0n) is 16.5. The minimum atomic E-state index is -4.09. The first-order valence-electron chi connectivity index (χ1n) is 9.18. The molecule has 32 heavy (non-hydrogen) atoms. The first kappa shape index (κ1) is 22.9. The van der Waals surface area contributed by atoms with Gasteiger partial charge in [-0.05, 0) is 36.4 Å². The molecule has 3 aromatic carbocycles. The van der Waals surface area contributed by atoms with Crippen molar-refractivity contribution in [3.63, 3.8) is 0 Å². The molecule has 3 aromatic rings. The van der Waals surface area contributed by atoms with Crippen LogP contribution in [0.15, 0.2) is 88.9 Å². The van der Waals surface area contributed by atoms with Crippen molar-refractivity contribution in [2.45, 2.75) is 4.90 Å². The van der Waals surface area contributed by atoms with Gasteiger partial charge in [0, 0.05) is 11.1 Å². The van der Waals surface area contributed by atoms with E-state index in [1.54, 1.807) is 36.4 Å². The topological polar surface area (TPSA) is 122 Å². The van der Waals surface area contributed by atoms with E-state index in [9.17, 15) is 23.3 Å². The number of nitro groups is 1. The Hall–Kier alpha value is -3.76. The summed E-state index contributed by atoms with van der Waals surface area (Å²) in [5.74, 6) is -0.751. The number of anilines is 1. The van der Waals surface area contributed by atoms with Gasteiger partial charge in [-0.3, -0.25) is 19.2 Å². The van der Waals surface area contributed by atoms with Gasteiger partial charge in [-0.1, -0.05) is 48.0 Å². The van der Waals surface area contributed by atoms with Gasteiger partial charge in [-0.2, -0.15) is 5.10 Å². The van der Waals surface area contributed by atoms with Gasteiger partial charge < -0.3 is 0 Å². The third-order valence-electron chi connectivity index (χ3n) is 4.24. The van der Waals surface area contributed by atoms with Crippen molar-refractivity contribution in [2.24, 2.45) is 5.10 Å². The van der Waals surface area contributed by atoms with Crippen LogP contribution < -0.4 is 9.73 Å². The molecule has 0 spiro atoms. The summed E-state index contributed by atoms with van der Waals surface area (Å²) in [6.45, 7) is -0.591. The second-order valence-electron chi connectivity index (χ2n) is 6.41. The number of carbonyl (C=O) groups excluding carboxylic acids is 1. The Kier molecular flexibility index (Phi) is 7.18. The number of rotatable bonds is 8. The number of benzene rings is 3.